The van der Waals surface area contributed by atoms with E-state index in [0.717, 1.165) is 47.8 Å². The van der Waals surface area contributed by atoms with Gasteiger partial charge in [0.25, 0.3) is 0 Å². The molecule has 33 heavy (non-hydrogen) atoms. The van der Waals surface area contributed by atoms with Crippen molar-refractivity contribution in [1.29, 1.82) is 0 Å². The van der Waals surface area contributed by atoms with Crippen LogP contribution < -0.4 is 4.74 Å². The standard InChI is InChI=1S/C25H27F3N2O3/c1-15-19-12-18(7-8-22(19)30-21(15)9-10-23(31)32-2)33-14-16-11-20(25(26,27)28)24(29-13-16)17-5-3-4-6-17/h7-8,11-13,17,30H,3-6,9-10,14H2,1-2H3. The minimum Gasteiger partial charge on any atom is -0.489 e. The van der Waals surface area contributed by atoms with Gasteiger partial charge in [-0.25, -0.2) is 0 Å². The summed E-state index contributed by atoms with van der Waals surface area (Å²) in [4.78, 5) is 18.9. The van der Waals surface area contributed by atoms with Gasteiger partial charge in [0, 0.05) is 34.3 Å². The third-order valence-corrected chi connectivity index (χ3v) is 6.37. The molecule has 176 valence electrons. The molecule has 0 aliphatic heterocycles. The first-order valence-corrected chi connectivity index (χ1v) is 11.1. The molecule has 1 aliphatic rings. The van der Waals surface area contributed by atoms with E-state index in [-0.39, 0.29) is 30.6 Å². The Morgan fingerprint density at radius 3 is 2.67 bits per heavy atom. The maximum Gasteiger partial charge on any atom is 0.418 e. The van der Waals surface area contributed by atoms with Crippen LogP contribution >= 0.6 is 0 Å². The number of esters is 1. The van der Waals surface area contributed by atoms with Crippen molar-refractivity contribution in [2.75, 3.05) is 7.11 Å². The minimum atomic E-state index is -4.44. The summed E-state index contributed by atoms with van der Waals surface area (Å²) in [7, 11) is 1.36. The Morgan fingerprint density at radius 2 is 1.97 bits per heavy atom. The number of ether oxygens (including phenoxy) is 2. The fraction of sp³-hybridized carbons (Fsp3) is 0.440. The molecule has 0 amide bonds. The number of pyridine rings is 1. The van der Waals surface area contributed by atoms with Gasteiger partial charge in [-0.15, -0.1) is 0 Å². The second-order valence-corrected chi connectivity index (χ2v) is 8.56. The topological polar surface area (TPSA) is 64.2 Å². The zero-order chi connectivity index (χ0) is 23.6. The van der Waals surface area contributed by atoms with Gasteiger partial charge in [-0.3, -0.25) is 9.78 Å². The highest BCUT2D eigenvalue weighted by molar-refractivity contribution is 5.86. The fourth-order valence-electron chi connectivity index (χ4n) is 4.55. The van der Waals surface area contributed by atoms with Crippen molar-refractivity contribution in [3.63, 3.8) is 0 Å². The molecular formula is C25H27F3N2O3. The highest BCUT2D eigenvalue weighted by Crippen LogP contribution is 2.40. The van der Waals surface area contributed by atoms with E-state index >= 15 is 0 Å². The number of aryl methyl sites for hydroxylation is 2. The number of carbonyl (C=O) groups is 1. The Morgan fingerprint density at radius 1 is 1.21 bits per heavy atom. The van der Waals surface area contributed by atoms with Gasteiger partial charge in [0.1, 0.15) is 12.4 Å². The summed E-state index contributed by atoms with van der Waals surface area (Å²) in [6.45, 7) is 1.95. The van der Waals surface area contributed by atoms with E-state index in [9.17, 15) is 18.0 Å². The third kappa shape index (κ3) is 5.15. The minimum absolute atomic E-state index is 0.00873. The number of aromatic nitrogens is 2. The lowest BCUT2D eigenvalue weighted by Gasteiger charge is -2.18. The molecule has 2 heterocycles. The van der Waals surface area contributed by atoms with Crippen molar-refractivity contribution in [3.05, 3.63) is 58.5 Å². The summed E-state index contributed by atoms with van der Waals surface area (Å²) in [6, 6.07) is 6.66. The molecule has 0 radical (unpaired) electrons. The third-order valence-electron chi connectivity index (χ3n) is 6.37. The average Bonchev–Trinajstić information content (AvgIpc) is 3.44. The van der Waals surface area contributed by atoms with Gasteiger partial charge in [-0.1, -0.05) is 12.8 Å². The van der Waals surface area contributed by atoms with E-state index in [1.165, 1.54) is 19.4 Å². The number of methoxy groups -OCH3 is 1. The monoisotopic (exact) mass is 460 g/mol. The SMILES string of the molecule is COC(=O)CCc1[nH]c2ccc(OCc3cnc(C4CCCC4)c(C(F)(F)F)c3)cc2c1C. The second-order valence-electron chi connectivity index (χ2n) is 8.56. The molecule has 1 saturated carbocycles. The van der Waals surface area contributed by atoms with Crippen molar-refractivity contribution in [2.45, 2.75) is 64.1 Å². The lowest BCUT2D eigenvalue weighted by atomic mass is 9.97. The van der Waals surface area contributed by atoms with E-state index in [2.05, 4.69) is 9.97 Å². The number of carbonyl (C=O) groups excluding carboxylic acids is 1. The van der Waals surface area contributed by atoms with Crippen molar-refractivity contribution in [2.24, 2.45) is 0 Å². The number of nitrogens with zero attached hydrogens (tertiary/aromatic N) is 1. The zero-order valence-corrected chi connectivity index (χ0v) is 18.7. The predicted octanol–water partition coefficient (Wildman–Crippen LogP) is 6.23. The normalized spacial score (nSPS) is 14.7. The first-order valence-electron chi connectivity index (χ1n) is 11.1. The lowest BCUT2D eigenvalue weighted by molar-refractivity contribution is -0.140. The van der Waals surface area contributed by atoms with Gasteiger partial charge in [-0.05, 0) is 56.0 Å². The smallest absolute Gasteiger partial charge is 0.418 e. The van der Waals surface area contributed by atoms with Gasteiger partial charge in [0.15, 0.2) is 0 Å². The lowest BCUT2D eigenvalue weighted by Crippen LogP contribution is -2.14. The van der Waals surface area contributed by atoms with E-state index in [1.54, 1.807) is 6.07 Å². The molecule has 1 aromatic carbocycles. The van der Waals surface area contributed by atoms with Gasteiger partial charge in [0.05, 0.1) is 24.8 Å². The Hall–Kier alpha value is -3.03. The van der Waals surface area contributed by atoms with Gasteiger partial charge < -0.3 is 14.5 Å². The number of halogens is 3. The zero-order valence-electron chi connectivity index (χ0n) is 18.7. The molecule has 3 aromatic rings. The maximum absolute atomic E-state index is 13.7. The summed E-state index contributed by atoms with van der Waals surface area (Å²) in [5.74, 6) is 0.157. The van der Waals surface area contributed by atoms with Crippen LogP contribution in [0.2, 0.25) is 0 Å². The molecule has 0 saturated heterocycles. The molecule has 5 nitrogen and oxygen atoms in total. The molecule has 0 bridgehead atoms. The predicted molar refractivity (Wildman–Crippen MR) is 118 cm³/mol. The number of hydrogen-bond acceptors (Lipinski definition) is 4. The highest BCUT2D eigenvalue weighted by Gasteiger charge is 2.37. The number of benzene rings is 1. The molecule has 1 aliphatic carbocycles. The maximum atomic E-state index is 13.7. The largest absolute Gasteiger partial charge is 0.489 e. The van der Waals surface area contributed by atoms with Gasteiger partial charge in [0.2, 0.25) is 0 Å². The first-order chi connectivity index (χ1) is 15.8. The molecule has 0 unspecified atom stereocenters. The molecule has 1 N–H and O–H groups in total. The average molecular weight is 460 g/mol. The molecule has 0 atom stereocenters. The molecule has 1 fully saturated rings. The Labute approximate surface area is 190 Å². The van der Waals surface area contributed by atoms with Crippen molar-refractivity contribution >= 4 is 16.9 Å². The van der Waals surface area contributed by atoms with Crippen LogP contribution in [0.3, 0.4) is 0 Å². The van der Waals surface area contributed by atoms with Gasteiger partial charge >= 0.3 is 12.1 Å². The Bertz CT molecular complexity index is 1150. The first kappa shape index (κ1) is 23.1. The summed E-state index contributed by atoms with van der Waals surface area (Å²) in [5.41, 5.74) is 2.74. The van der Waals surface area contributed by atoms with Crippen LogP contribution in [0.1, 0.15) is 66.1 Å². The highest BCUT2D eigenvalue weighted by atomic mass is 19.4. The summed E-state index contributed by atoms with van der Waals surface area (Å²) in [5, 5.41) is 0.943. The molecule has 0 spiro atoms. The number of alkyl halides is 3. The molecule has 2 aromatic heterocycles. The molecular weight excluding hydrogens is 433 g/mol. The van der Waals surface area contributed by atoms with Crippen LogP contribution in [0.4, 0.5) is 13.2 Å². The van der Waals surface area contributed by atoms with Crippen LogP contribution in [-0.2, 0) is 28.7 Å². The fourth-order valence-corrected chi connectivity index (χ4v) is 4.55. The van der Waals surface area contributed by atoms with Crippen LogP contribution in [0.15, 0.2) is 30.5 Å². The number of aromatic amines is 1. The van der Waals surface area contributed by atoms with E-state index in [4.69, 9.17) is 9.47 Å². The number of H-pyrrole nitrogens is 1. The number of hydrogen-bond donors (Lipinski definition) is 1. The van der Waals surface area contributed by atoms with E-state index < -0.39 is 11.7 Å². The molecule has 8 heteroatoms. The number of rotatable bonds is 7. The van der Waals surface area contributed by atoms with Crippen LogP contribution in [0.5, 0.6) is 5.75 Å². The van der Waals surface area contributed by atoms with Gasteiger partial charge in [-0.2, -0.15) is 13.2 Å². The Balaban J connectivity index is 1.51. The summed E-state index contributed by atoms with van der Waals surface area (Å²) < 4.78 is 51.6. The molecule has 4 rings (SSSR count). The van der Waals surface area contributed by atoms with Crippen molar-refractivity contribution in [3.8, 4) is 5.75 Å². The number of nitrogens with one attached hydrogen (secondary N) is 1. The Kier molecular flexibility index (Phi) is 6.63. The van der Waals surface area contributed by atoms with E-state index in [1.807, 2.05) is 19.1 Å². The van der Waals surface area contributed by atoms with Crippen LogP contribution in [0.25, 0.3) is 10.9 Å². The summed E-state index contributed by atoms with van der Waals surface area (Å²) >= 11 is 0. The number of fused-ring (bicyclic) bond motifs is 1. The van der Waals surface area contributed by atoms with E-state index in [0.29, 0.717) is 17.7 Å². The van der Waals surface area contributed by atoms with Crippen LogP contribution in [0, 0.1) is 6.92 Å². The van der Waals surface area contributed by atoms with Crippen molar-refractivity contribution < 1.29 is 27.4 Å². The quantitative estimate of drug-likeness (QED) is 0.425. The summed E-state index contributed by atoms with van der Waals surface area (Å²) in [6.07, 6.45) is 1.26. The van der Waals surface area contributed by atoms with Crippen LogP contribution in [-0.4, -0.2) is 23.0 Å². The second kappa shape index (κ2) is 9.45. The van der Waals surface area contributed by atoms with Crippen molar-refractivity contribution in [1.82, 2.24) is 9.97 Å².